The molecule has 20 heavy (non-hydrogen) atoms. The van der Waals surface area contributed by atoms with E-state index in [0.29, 0.717) is 11.7 Å². The fourth-order valence-electron chi connectivity index (χ4n) is 2.59. The van der Waals surface area contributed by atoms with Crippen molar-refractivity contribution in [1.82, 2.24) is 9.97 Å². The summed E-state index contributed by atoms with van der Waals surface area (Å²) in [4.78, 5) is 9.09. The van der Waals surface area contributed by atoms with E-state index in [1.807, 2.05) is 6.92 Å². The fourth-order valence-corrected chi connectivity index (χ4v) is 2.59. The summed E-state index contributed by atoms with van der Waals surface area (Å²) < 4.78 is 5.45. The third kappa shape index (κ3) is 2.87. The van der Waals surface area contributed by atoms with Gasteiger partial charge in [-0.1, -0.05) is 6.92 Å². The lowest BCUT2D eigenvalue weighted by Crippen LogP contribution is -2.33. The van der Waals surface area contributed by atoms with Gasteiger partial charge in [-0.3, -0.25) is 0 Å². The van der Waals surface area contributed by atoms with E-state index in [1.165, 1.54) is 12.8 Å². The second-order valence-corrected chi connectivity index (χ2v) is 6.49. The van der Waals surface area contributed by atoms with Crippen molar-refractivity contribution in [3.05, 3.63) is 11.4 Å². The number of ether oxygens (including phenoxy) is 1. The summed E-state index contributed by atoms with van der Waals surface area (Å²) in [5, 5.41) is 3.50. The van der Waals surface area contributed by atoms with E-state index in [9.17, 15) is 0 Å². The van der Waals surface area contributed by atoms with Crippen molar-refractivity contribution in [2.75, 3.05) is 30.8 Å². The Morgan fingerprint density at radius 3 is 2.65 bits per heavy atom. The molecule has 2 heterocycles. The molecule has 5 heteroatoms. The first-order valence-electron chi connectivity index (χ1n) is 7.53. The molecular formula is C15H24N4O. The lowest BCUT2D eigenvalue weighted by Gasteiger charge is -2.34. The average Bonchev–Trinajstić information content (AvgIpc) is 3.26. The van der Waals surface area contributed by atoms with Crippen LogP contribution in [0.4, 0.5) is 11.6 Å². The van der Waals surface area contributed by atoms with Crippen molar-refractivity contribution < 1.29 is 4.74 Å². The summed E-state index contributed by atoms with van der Waals surface area (Å²) in [6, 6.07) is 0. The highest BCUT2D eigenvalue weighted by Gasteiger charge is 2.29. The molecule has 0 aromatic carbocycles. The summed E-state index contributed by atoms with van der Waals surface area (Å²) in [6.45, 7) is 6.93. The maximum atomic E-state index is 6.02. The second-order valence-electron chi connectivity index (χ2n) is 6.49. The molecule has 1 aliphatic heterocycles. The van der Waals surface area contributed by atoms with Crippen molar-refractivity contribution in [1.29, 1.82) is 0 Å². The van der Waals surface area contributed by atoms with Crippen LogP contribution >= 0.6 is 0 Å². The van der Waals surface area contributed by atoms with Crippen LogP contribution in [0.5, 0.6) is 0 Å². The van der Waals surface area contributed by atoms with Crippen LogP contribution in [0, 0.1) is 12.3 Å². The summed E-state index contributed by atoms with van der Waals surface area (Å²) in [6.07, 6.45) is 4.57. The van der Waals surface area contributed by atoms with Gasteiger partial charge in [-0.05, 0) is 38.0 Å². The number of nitrogen functional groups attached to an aromatic ring is 1. The monoisotopic (exact) mass is 276 g/mol. The lowest BCUT2D eigenvalue weighted by molar-refractivity contribution is 0.0299. The third-order valence-electron chi connectivity index (χ3n) is 4.53. The Morgan fingerprint density at radius 1 is 1.30 bits per heavy atom. The maximum Gasteiger partial charge on any atom is 0.136 e. The smallest absolute Gasteiger partial charge is 0.136 e. The first kappa shape index (κ1) is 13.6. The number of anilines is 2. The summed E-state index contributed by atoms with van der Waals surface area (Å²) >= 11 is 0. The van der Waals surface area contributed by atoms with Gasteiger partial charge in [0.05, 0.1) is 0 Å². The Bertz CT molecular complexity index is 493. The third-order valence-corrected chi connectivity index (χ3v) is 4.53. The highest BCUT2D eigenvalue weighted by Crippen LogP contribution is 2.39. The largest absolute Gasteiger partial charge is 0.383 e. The molecule has 0 spiro atoms. The van der Waals surface area contributed by atoms with Gasteiger partial charge in [0.15, 0.2) is 0 Å². The molecule has 1 aromatic heterocycles. The summed E-state index contributed by atoms with van der Waals surface area (Å²) in [5.41, 5.74) is 7.26. The van der Waals surface area contributed by atoms with Gasteiger partial charge in [-0.2, -0.15) is 0 Å². The molecule has 0 unspecified atom stereocenters. The van der Waals surface area contributed by atoms with Crippen LogP contribution in [0.3, 0.4) is 0 Å². The molecule has 5 nitrogen and oxygen atoms in total. The molecule has 1 aliphatic carbocycles. The standard InChI is InChI=1S/C15H24N4O/c1-10-12(16)18-14(11-3-4-11)19-13(10)17-9-15(2)5-7-20-8-6-15/h11H,3-9H2,1-2H3,(H3,16,17,18,19). The van der Waals surface area contributed by atoms with Gasteiger partial charge >= 0.3 is 0 Å². The van der Waals surface area contributed by atoms with E-state index in [2.05, 4.69) is 22.2 Å². The zero-order valence-electron chi connectivity index (χ0n) is 12.4. The Labute approximate surface area is 120 Å². The molecule has 3 N–H and O–H groups in total. The average molecular weight is 276 g/mol. The molecule has 110 valence electrons. The van der Waals surface area contributed by atoms with Gasteiger partial charge < -0.3 is 15.8 Å². The highest BCUT2D eigenvalue weighted by molar-refractivity contribution is 5.55. The van der Waals surface area contributed by atoms with Crippen molar-refractivity contribution in [2.24, 2.45) is 5.41 Å². The molecule has 2 aliphatic rings. The van der Waals surface area contributed by atoms with Gasteiger partial charge in [0.25, 0.3) is 0 Å². The van der Waals surface area contributed by atoms with Crippen LogP contribution in [0.15, 0.2) is 0 Å². The minimum absolute atomic E-state index is 0.282. The maximum absolute atomic E-state index is 6.02. The Kier molecular flexibility index (Phi) is 3.54. The van der Waals surface area contributed by atoms with Crippen LogP contribution < -0.4 is 11.1 Å². The minimum Gasteiger partial charge on any atom is -0.383 e. The van der Waals surface area contributed by atoms with E-state index in [0.717, 1.165) is 49.8 Å². The van der Waals surface area contributed by atoms with Crippen LogP contribution in [0.1, 0.15) is 49.9 Å². The molecule has 1 saturated carbocycles. The van der Waals surface area contributed by atoms with Crippen molar-refractivity contribution in [2.45, 2.75) is 45.4 Å². The lowest BCUT2D eigenvalue weighted by atomic mass is 9.82. The number of nitrogens with zero attached hydrogens (tertiary/aromatic N) is 2. The molecule has 0 bridgehead atoms. The van der Waals surface area contributed by atoms with Gasteiger partial charge in [0, 0.05) is 31.2 Å². The second kappa shape index (κ2) is 5.20. The number of hydrogen-bond donors (Lipinski definition) is 2. The normalized spacial score (nSPS) is 21.7. The summed E-state index contributed by atoms with van der Waals surface area (Å²) in [7, 11) is 0. The number of hydrogen-bond acceptors (Lipinski definition) is 5. The number of nitrogens with two attached hydrogens (primary N) is 1. The van der Waals surface area contributed by atoms with Crippen LogP contribution in [-0.4, -0.2) is 29.7 Å². The van der Waals surface area contributed by atoms with Crippen molar-refractivity contribution in [3.8, 4) is 0 Å². The molecule has 1 aromatic rings. The van der Waals surface area contributed by atoms with Gasteiger partial charge in [0.1, 0.15) is 17.5 Å². The quantitative estimate of drug-likeness (QED) is 0.883. The zero-order chi connectivity index (χ0) is 14.2. The Balaban J connectivity index is 1.72. The predicted molar refractivity (Wildman–Crippen MR) is 79.8 cm³/mol. The number of rotatable bonds is 4. The predicted octanol–water partition coefficient (Wildman–Crippen LogP) is 2.47. The number of nitrogens with one attached hydrogen (secondary N) is 1. The van der Waals surface area contributed by atoms with Crippen LogP contribution in [0.25, 0.3) is 0 Å². The van der Waals surface area contributed by atoms with E-state index in [1.54, 1.807) is 0 Å². The van der Waals surface area contributed by atoms with E-state index >= 15 is 0 Å². The Morgan fingerprint density at radius 2 is 2.00 bits per heavy atom. The number of aromatic nitrogens is 2. The molecule has 1 saturated heterocycles. The van der Waals surface area contributed by atoms with Crippen molar-refractivity contribution >= 4 is 11.6 Å². The first-order chi connectivity index (χ1) is 9.57. The topological polar surface area (TPSA) is 73.1 Å². The molecule has 0 amide bonds. The molecule has 0 radical (unpaired) electrons. The summed E-state index contributed by atoms with van der Waals surface area (Å²) in [5.74, 6) is 2.96. The molecule has 3 rings (SSSR count). The van der Waals surface area contributed by atoms with Crippen LogP contribution in [0.2, 0.25) is 0 Å². The van der Waals surface area contributed by atoms with Gasteiger partial charge in [0.2, 0.25) is 0 Å². The van der Waals surface area contributed by atoms with Gasteiger partial charge in [-0.25, -0.2) is 9.97 Å². The molecule has 0 atom stereocenters. The highest BCUT2D eigenvalue weighted by atomic mass is 16.5. The molecular weight excluding hydrogens is 252 g/mol. The minimum atomic E-state index is 0.282. The molecule has 2 fully saturated rings. The van der Waals surface area contributed by atoms with E-state index in [4.69, 9.17) is 10.5 Å². The first-order valence-corrected chi connectivity index (χ1v) is 7.53. The van der Waals surface area contributed by atoms with E-state index < -0.39 is 0 Å². The van der Waals surface area contributed by atoms with Crippen molar-refractivity contribution in [3.63, 3.8) is 0 Å². The Hall–Kier alpha value is -1.36. The van der Waals surface area contributed by atoms with Gasteiger partial charge in [-0.15, -0.1) is 0 Å². The van der Waals surface area contributed by atoms with E-state index in [-0.39, 0.29) is 5.41 Å². The zero-order valence-corrected chi connectivity index (χ0v) is 12.4. The SMILES string of the molecule is Cc1c(N)nc(C2CC2)nc1NCC1(C)CCOCC1. The van der Waals surface area contributed by atoms with Crippen LogP contribution in [-0.2, 0) is 4.74 Å². The fraction of sp³-hybridized carbons (Fsp3) is 0.733.